The molecule has 2 fully saturated rings. The second-order valence-electron chi connectivity index (χ2n) is 25.4. The molecule has 2 aliphatic heterocycles. The van der Waals surface area contributed by atoms with Gasteiger partial charge in [0.05, 0.1) is 32.0 Å². The zero-order valence-electron chi connectivity index (χ0n) is 53.5. The number of unbranched alkanes of at least 4 members (excludes halogenated alkanes) is 44. The van der Waals surface area contributed by atoms with Gasteiger partial charge in [0.1, 0.15) is 48.8 Å². The first-order valence-corrected chi connectivity index (χ1v) is 35.4. The van der Waals surface area contributed by atoms with E-state index in [1.54, 1.807) is 0 Å². The van der Waals surface area contributed by atoms with Crippen LogP contribution in [0.4, 0.5) is 0 Å². The monoisotopic (exact) mass is 1180 g/mol. The lowest BCUT2D eigenvalue weighted by atomic mass is 9.97. The molecule has 2 saturated heterocycles. The molecule has 0 saturated carbocycles. The Morgan fingerprint density at radius 2 is 0.759 bits per heavy atom. The van der Waals surface area contributed by atoms with Gasteiger partial charge < -0.3 is 65.1 Å². The van der Waals surface area contributed by atoms with Gasteiger partial charge in [-0.05, 0) is 38.5 Å². The minimum absolute atomic E-state index is 0.205. The molecule has 0 aromatic rings. The fourth-order valence-electron chi connectivity index (χ4n) is 12.1. The Morgan fingerprint density at radius 3 is 1.14 bits per heavy atom. The van der Waals surface area contributed by atoms with Crippen LogP contribution in [-0.2, 0) is 23.7 Å². The van der Waals surface area contributed by atoms with Gasteiger partial charge in [0.15, 0.2) is 12.6 Å². The van der Waals surface area contributed by atoms with Gasteiger partial charge in [0.25, 0.3) is 0 Å². The van der Waals surface area contributed by atoms with E-state index in [1.807, 2.05) is 0 Å². The number of hydrogen-bond donors (Lipinski definition) is 9. The number of rotatable bonds is 59. The maximum absolute atomic E-state index is 13.3. The number of carbonyl (C=O) groups is 1. The predicted molar refractivity (Wildman–Crippen MR) is 337 cm³/mol. The lowest BCUT2D eigenvalue weighted by Crippen LogP contribution is -2.65. The Kier molecular flexibility index (Phi) is 51.4. The molecule has 2 heterocycles. The summed E-state index contributed by atoms with van der Waals surface area (Å²) in [4.78, 5) is 13.3. The largest absolute Gasteiger partial charge is 0.394 e. The molecule has 0 aromatic carbocycles. The number of nitrogens with one attached hydrogen (secondary N) is 1. The van der Waals surface area contributed by atoms with Crippen LogP contribution in [0.25, 0.3) is 0 Å². The van der Waals surface area contributed by atoms with E-state index in [4.69, 9.17) is 18.9 Å². The summed E-state index contributed by atoms with van der Waals surface area (Å²) in [6, 6.07) is -0.829. The zero-order valence-corrected chi connectivity index (χ0v) is 53.5. The number of carbonyl (C=O) groups excluding carboxylic acids is 1. The second kappa shape index (κ2) is 54.8. The Hall–Kier alpha value is -1.27. The van der Waals surface area contributed by atoms with Crippen molar-refractivity contribution in [1.29, 1.82) is 0 Å². The highest BCUT2D eigenvalue weighted by molar-refractivity contribution is 5.76. The van der Waals surface area contributed by atoms with Crippen molar-refractivity contribution >= 4 is 5.91 Å². The quantitative estimate of drug-likeness (QED) is 0.0204. The first-order chi connectivity index (χ1) is 40.6. The maximum Gasteiger partial charge on any atom is 0.220 e. The van der Waals surface area contributed by atoms with Gasteiger partial charge in [-0.3, -0.25) is 4.79 Å². The summed E-state index contributed by atoms with van der Waals surface area (Å²) in [6.45, 7) is 2.91. The molecule has 14 nitrogen and oxygen atoms in total. The molecule has 0 aromatic heterocycles. The van der Waals surface area contributed by atoms with Crippen LogP contribution in [-0.4, -0.2) is 140 Å². The number of aliphatic hydroxyl groups is 8. The van der Waals surface area contributed by atoms with Crippen LogP contribution >= 0.6 is 0 Å². The lowest BCUT2D eigenvalue weighted by Gasteiger charge is -2.46. The highest BCUT2D eigenvalue weighted by Gasteiger charge is 2.51. The number of allylic oxidation sites excluding steroid dienone is 2. The van der Waals surface area contributed by atoms with E-state index in [0.717, 1.165) is 57.8 Å². The standard InChI is InChI=1S/C69H133NO13/c1-3-5-7-9-11-13-15-17-19-21-23-24-25-26-27-28-29-30-31-32-33-34-35-36-38-40-42-44-46-48-50-52-58(73)57(70-61(74)53-51-49-47-45-43-41-39-37-22-20-18-16-14-12-10-8-6-4-2)56-80-68-66(79)64(77)67(60(55-72)82-68)83-69-65(78)63(76)62(75)59(54-71)81-69/h20,22,57-60,62-69,71-73,75-79H,3-19,21,23-56H2,1-2H3,(H,70,74)/b22-20-. The van der Waals surface area contributed by atoms with E-state index in [0.29, 0.717) is 12.8 Å². The van der Waals surface area contributed by atoms with Crippen LogP contribution in [0.1, 0.15) is 328 Å². The third-order valence-electron chi connectivity index (χ3n) is 17.7. The Morgan fingerprint density at radius 1 is 0.422 bits per heavy atom. The molecule has 14 heteroatoms. The SMILES string of the molecule is CCCCCCCCC/C=C\CCCCCCCCCC(=O)NC(COC1OC(CO)C(OC2OC(CO)C(O)C(O)C2O)C(O)C1O)C(O)CCCCCCCCCCCCCCCCCCCCCCCCCCCCCCCCC. The molecule has 2 aliphatic rings. The predicted octanol–water partition coefficient (Wildman–Crippen LogP) is 14.2. The Bertz CT molecular complexity index is 1440. The average Bonchev–Trinajstić information content (AvgIpc) is 3.65. The summed E-state index contributed by atoms with van der Waals surface area (Å²) >= 11 is 0. The summed E-state index contributed by atoms with van der Waals surface area (Å²) < 4.78 is 22.9. The summed E-state index contributed by atoms with van der Waals surface area (Å²) in [5, 5.41) is 87.6. The van der Waals surface area contributed by atoms with E-state index in [1.165, 1.54) is 244 Å². The topological polar surface area (TPSA) is 228 Å². The van der Waals surface area contributed by atoms with Crippen molar-refractivity contribution < 1.29 is 64.6 Å². The van der Waals surface area contributed by atoms with Crippen LogP contribution in [0, 0.1) is 0 Å². The summed E-state index contributed by atoms with van der Waals surface area (Å²) in [7, 11) is 0. The third kappa shape index (κ3) is 39.4. The van der Waals surface area contributed by atoms with Gasteiger partial charge in [0, 0.05) is 6.42 Å². The third-order valence-corrected chi connectivity index (χ3v) is 17.7. The van der Waals surface area contributed by atoms with Crippen molar-refractivity contribution in [3.8, 4) is 0 Å². The highest BCUT2D eigenvalue weighted by Crippen LogP contribution is 2.30. The van der Waals surface area contributed by atoms with E-state index in [2.05, 4.69) is 31.3 Å². The number of ether oxygens (including phenoxy) is 4. The van der Waals surface area contributed by atoms with Gasteiger partial charge >= 0.3 is 0 Å². The molecule has 0 aliphatic carbocycles. The molecular weight excluding hydrogens is 1050 g/mol. The molecule has 2 rings (SSSR count). The molecule has 9 N–H and O–H groups in total. The van der Waals surface area contributed by atoms with Crippen molar-refractivity contribution in [3.05, 3.63) is 12.2 Å². The second-order valence-corrected chi connectivity index (χ2v) is 25.4. The van der Waals surface area contributed by atoms with Crippen molar-refractivity contribution in [1.82, 2.24) is 5.32 Å². The molecule has 12 atom stereocenters. The number of hydrogen-bond acceptors (Lipinski definition) is 13. The molecule has 1 amide bonds. The van der Waals surface area contributed by atoms with Gasteiger partial charge in [-0.1, -0.05) is 296 Å². The Balaban J connectivity index is 1.64. The number of amides is 1. The Labute approximate surface area is 507 Å². The van der Waals surface area contributed by atoms with Gasteiger partial charge in [-0.15, -0.1) is 0 Å². The van der Waals surface area contributed by atoms with Crippen LogP contribution in [0.3, 0.4) is 0 Å². The number of aliphatic hydroxyl groups excluding tert-OH is 8. The van der Waals surface area contributed by atoms with Crippen LogP contribution in [0.5, 0.6) is 0 Å². The summed E-state index contributed by atoms with van der Waals surface area (Å²) in [5.74, 6) is -0.205. The summed E-state index contributed by atoms with van der Waals surface area (Å²) in [5.41, 5.74) is 0. The molecule has 0 radical (unpaired) electrons. The van der Waals surface area contributed by atoms with Gasteiger partial charge in [-0.2, -0.15) is 0 Å². The zero-order chi connectivity index (χ0) is 60.2. The molecule has 12 unspecified atom stereocenters. The first kappa shape index (κ1) is 77.8. The fourth-order valence-corrected chi connectivity index (χ4v) is 12.1. The first-order valence-electron chi connectivity index (χ1n) is 35.4. The smallest absolute Gasteiger partial charge is 0.220 e. The highest BCUT2D eigenvalue weighted by atomic mass is 16.7. The van der Waals surface area contributed by atoms with Crippen LogP contribution in [0.2, 0.25) is 0 Å². The van der Waals surface area contributed by atoms with Crippen LogP contribution < -0.4 is 5.32 Å². The van der Waals surface area contributed by atoms with Crippen molar-refractivity contribution in [3.63, 3.8) is 0 Å². The van der Waals surface area contributed by atoms with Gasteiger partial charge in [-0.25, -0.2) is 0 Å². The van der Waals surface area contributed by atoms with E-state index < -0.39 is 86.8 Å². The maximum atomic E-state index is 13.3. The van der Waals surface area contributed by atoms with Crippen molar-refractivity contribution in [2.45, 2.75) is 402 Å². The average molecular weight is 1180 g/mol. The van der Waals surface area contributed by atoms with Gasteiger partial charge in [0.2, 0.25) is 5.91 Å². The van der Waals surface area contributed by atoms with Crippen molar-refractivity contribution in [2.24, 2.45) is 0 Å². The normalized spacial score (nSPS) is 23.8. The minimum atomic E-state index is -1.78. The molecule has 0 bridgehead atoms. The van der Waals surface area contributed by atoms with E-state index in [9.17, 15) is 45.6 Å². The van der Waals surface area contributed by atoms with Crippen LogP contribution in [0.15, 0.2) is 12.2 Å². The summed E-state index contributed by atoms with van der Waals surface area (Å²) in [6.07, 6.45) is 49.5. The van der Waals surface area contributed by atoms with Crippen molar-refractivity contribution in [2.75, 3.05) is 19.8 Å². The van der Waals surface area contributed by atoms with E-state index in [-0.39, 0.29) is 12.5 Å². The molecule has 492 valence electrons. The minimum Gasteiger partial charge on any atom is -0.394 e. The molecule has 0 spiro atoms. The molecular formula is C69H133NO13. The van der Waals surface area contributed by atoms with E-state index >= 15 is 0 Å². The molecule has 83 heavy (non-hydrogen) atoms. The lowest BCUT2D eigenvalue weighted by molar-refractivity contribution is -0.359. The fraction of sp³-hybridized carbons (Fsp3) is 0.957.